The summed E-state index contributed by atoms with van der Waals surface area (Å²) in [6.45, 7) is 6.59. The maximum Gasteiger partial charge on any atom is 0.261 e. The molecule has 3 aromatic rings. The van der Waals surface area contributed by atoms with E-state index in [2.05, 4.69) is 49.4 Å². The minimum Gasteiger partial charge on any atom is -0.383 e. The number of amides is 1. The van der Waals surface area contributed by atoms with Crippen LogP contribution in [0.2, 0.25) is 0 Å². The Balaban J connectivity index is 1.55. The van der Waals surface area contributed by atoms with Crippen molar-refractivity contribution in [2.45, 2.75) is 6.92 Å². The molecule has 2 aromatic heterocycles. The van der Waals surface area contributed by atoms with Gasteiger partial charge in [-0.1, -0.05) is 18.2 Å². The summed E-state index contributed by atoms with van der Waals surface area (Å²) in [6, 6.07) is 10.5. The average Bonchev–Trinajstić information content (AvgIpc) is 3.11. The van der Waals surface area contributed by atoms with Gasteiger partial charge in [-0.25, -0.2) is 9.97 Å². The highest BCUT2D eigenvalue weighted by atomic mass is 32.1. The summed E-state index contributed by atoms with van der Waals surface area (Å²) in [7, 11) is 1.62. The number of para-hydroxylation sites is 1. The van der Waals surface area contributed by atoms with Crippen LogP contribution in [0.25, 0.3) is 10.2 Å². The molecule has 1 fully saturated rings. The Morgan fingerprint density at radius 3 is 2.59 bits per heavy atom. The monoisotopic (exact) mass is 411 g/mol. The summed E-state index contributed by atoms with van der Waals surface area (Å²) in [5.41, 5.74) is 2.20. The number of piperazine rings is 1. The normalized spacial score (nSPS) is 14.4. The predicted molar refractivity (Wildman–Crippen MR) is 117 cm³/mol. The van der Waals surface area contributed by atoms with Crippen LogP contribution in [0.4, 0.5) is 11.5 Å². The Kier molecular flexibility index (Phi) is 5.92. The molecule has 1 aromatic carbocycles. The minimum atomic E-state index is -0.0811. The quantitative estimate of drug-likeness (QED) is 0.629. The standard InChI is InChI=1S/C21H25N5O2S/c1-15-17-19(26-11-9-25(10-12-26)16-6-4-3-5-7-16)23-14-24-21(17)29-18(15)20(27)22-8-13-28-2/h3-7,14H,8-13H2,1-2H3,(H,22,27). The van der Waals surface area contributed by atoms with Gasteiger partial charge in [-0.2, -0.15) is 0 Å². The van der Waals surface area contributed by atoms with Crippen molar-refractivity contribution in [3.05, 3.63) is 47.1 Å². The number of carbonyl (C=O) groups excluding carboxylic acids is 1. The van der Waals surface area contributed by atoms with Crippen molar-refractivity contribution in [2.24, 2.45) is 0 Å². The molecule has 1 amide bonds. The third-order valence-electron chi connectivity index (χ3n) is 5.21. The van der Waals surface area contributed by atoms with Gasteiger partial charge in [0, 0.05) is 45.5 Å². The Morgan fingerprint density at radius 2 is 1.86 bits per heavy atom. The van der Waals surface area contributed by atoms with E-state index in [0.717, 1.165) is 47.8 Å². The number of ether oxygens (including phenoxy) is 1. The summed E-state index contributed by atoms with van der Waals surface area (Å²) < 4.78 is 5.01. The van der Waals surface area contributed by atoms with E-state index in [4.69, 9.17) is 4.74 Å². The average molecular weight is 412 g/mol. The number of carbonyl (C=O) groups is 1. The highest BCUT2D eigenvalue weighted by Crippen LogP contribution is 2.35. The van der Waals surface area contributed by atoms with Crippen LogP contribution in [0.15, 0.2) is 36.7 Å². The number of hydrogen-bond donors (Lipinski definition) is 1. The van der Waals surface area contributed by atoms with Crippen molar-refractivity contribution in [1.82, 2.24) is 15.3 Å². The molecule has 0 saturated carbocycles. The molecule has 0 spiro atoms. The van der Waals surface area contributed by atoms with Crippen molar-refractivity contribution < 1.29 is 9.53 Å². The Labute approximate surface area is 174 Å². The summed E-state index contributed by atoms with van der Waals surface area (Å²) >= 11 is 1.42. The fourth-order valence-corrected chi connectivity index (χ4v) is 4.73. The zero-order valence-electron chi connectivity index (χ0n) is 16.7. The summed E-state index contributed by atoms with van der Waals surface area (Å²) in [6.07, 6.45) is 1.60. The second kappa shape index (κ2) is 8.75. The van der Waals surface area contributed by atoms with Gasteiger partial charge in [0.1, 0.15) is 17.0 Å². The lowest BCUT2D eigenvalue weighted by atomic mass is 10.1. The third-order valence-corrected chi connectivity index (χ3v) is 6.40. The van der Waals surface area contributed by atoms with E-state index in [1.165, 1.54) is 17.0 Å². The molecule has 0 radical (unpaired) electrons. The van der Waals surface area contributed by atoms with Gasteiger partial charge in [-0.3, -0.25) is 4.79 Å². The molecular formula is C21H25N5O2S. The number of nitrogens with zero attached hydrogens (tertiary/aromatic N) is 4. The van der Waals surface area contributed by atoms with Crippen molar-refractivity contribution in [3.8, 4) is 0 Å². The van der Waals surface area contributed by atoms with Gasteiger partial charge < -0.3 is 19.9 Å². The highest BCUT2D eigenvalue weighted by molar-refractivity contribution is 7.20. The lowest BCUT2D eigenvalue weighted by Crippen LogP contribution is -2.46. The van der Waals surface area contributed by atoms with Gasteiger partial charge in [0.2, 0.25) is 0 Å². The molecule has 0 atom stereocenters. The molecule has 152 valence electrons. The number of aromatic nitrogens is 2. The second-order valence-corrected chi connectivity index (χ2v) is 7.99. The van der Waals surface area contributed by atoms with Crippen molar-refractivity contribution in [3.63, 3.8) is 0 Å². The first-order valence-corrected chi connectivity index (χ1v) is 10.6. The minimum absolute atomic E-state index is 0.0811. The Bertz CT molecular complexity index is 983. The number of rotatable bonds is 6. The number of anilines is 2. The molecular weight excluding hydrogens is 386 g/mol. The van der Waals surface area contributed by atoms with Gasteiger partial charge in [0.15, 0.2) is 0 Å². The molecule has 3 heterocycles. The van der Waals surface area contributed by atoms with E-state index in [9.17, 15) is 4.79 Å². The Hall–Kier alpha value is -2.71. The lowest BCUT2D eigenvalue weighted by Gasteiger charge is -2.37. The predicted octanol–water partition coefficient (Wildman–Crippen LogP) is 2.70. The first-order valence-electron chi connectivity index (χ1n) is 9.75. The van der Waals surface area contributed by atoms with E-state index >= 15 is 0 Å². The topological polar surface area (TPSA) is 70.6 Å². The van der Waals surface area contributed by atoms with Gasteiger partial charge in [-0.05, 0) is 24.6 Å². The zero-order chi connectivity index (χ0) is 20.2. The molecule has 7 nitrogen and oxygen atoms in total. The van der Waals surface area contributed by atoms with Crippen LogP contribution in [0, 0.1) is 6.92 Å². The molecule has 1 aliphatic heterocycles. The number of thiophene rings is 1. The molecule has 1 saturated heterocycles. The van der Waals surface area contributed by atoms with Crippen molar-refractivity contribution in [1.29, 1.82) is 0 Å². The Morgan fingerprint density at radius 1 is 1.14 bits per heavy atom. The van der Waals surface area contributed by atoms with E-state index in [-0.39, 0.29) is 5.91 Å². The highest BCUT2D eigenvalue weighted by Gasteiger charge is 2.24. The van der Waals surface area contributed by atoms with Crippen LogP contribution in [-0.4, -0.2) is 62.3 Å². The fraction of sp³-hybridized carbons (Fsp3) is 0.381. The number of methoxy groups -OCH3 is 1. The number of fused-ring (bicyclic) bond motifs is 1. The molecule has 1 aliphatic rings. The van der Waals surface area contributed by atoms with Gasteiger partial charge in [0.25, 0.3) is 5.91 Å². The summed E-state index contributed by atoms with van der Waals surface area (Å²) in [5, 5.41) is 3.89. The maximum atomic E-state index is 12.6. The number of hydrogen-bond acceptors (Lipinski definition) is 7. The second-order valence-electron chi connectivity index (χ2n) is 6.99. The van der Waals surface area contributed by atoms with E-state index in [1.54, 1.807) is 13.4 Å². The number of benzene rings is 1. The lowest BCUT2D eigenvalue weighted by molar-refractivity contribution is 0.0940. The van der Waals surface area contributed by atoms with Gasteiger partial charge >= 0.3 is 0 Å². The van der Waals surface area contributed by atoms with Crippen LogP contribution < -0.4 is 15.1 Å². The van der Waals surface area contributed by atoms with E-state index in [1.807, 2.05) is 13.0 Å². The van der Waals surface area contributed by atoms with Gasteiger partial charge in [0.05, 0.1) is 16.9 Å². The number of aryl methyl sites for hydroxylation is 1. The number of nitrogens with one attached hydrogen (secondary N) is 1. The fourth-order valence-electron chi connectivity index (χ4n) is 3.67. The summed E-state index contributed by atoms with van der Waals surface area (Å²) in [5.74, 6) is 0.842. The third kappa shape index (κ3) is 4.04. The molecule has 0 unspecified atom stereocenters. The van der Waals surface area contributed by atoms with Crippen LogP contribution in [0.5, 0.6) is 0 Å². The first kappa shape index (κ1) is 19.6. The van der Waals surface area contributed by atoms with Crippen molar-refractivity contribution >= 4 is 39.0 Å². The van der Waals surface area contributed by atoms with Crippen LogP contribution in [0.1, 0.15) is 15.2 Å². The largest absolute Gasteiger partial charge is 0.383 e. The summed E-state index contributed by atoms with van der Waals surface area (Å²) in [4.78, 5) is 27.8. The van der Waals surface area contributed by atoms with Crippen molar-refractivity contribution in [2.75, 3.05) is 56.2 Å². The smallest absolute Gasteiger partial charge is 0.261 e. The van der Waals surface area contributed by atoms with Crippen LogP contribution in [-0.2, 0) is 4.74 Å². The van der Waals surface area contributed by atoms with Crippen LogP contribution >= 0.6 is 11.3 Å². The first-order chi connectivity index (χ1) is 14.2. The molecule has 0 bridgehead atoms. The molecule has 29 heavy (non-hydrogen) atoms. The molecule has 8 heteroatoms. The van der Waals surface area contributed by atoms with E-state index < -0.39 is 0 Å². The zero-order valence-corrected chi connectivity index (χ0v) is 17.5. The van der Waals surface area contributed by atoms with E-state index in [0.29, 0.717) is 18.0 Å². The SMILES string of the molecule is COCCNC(=O)c1sc2ncnc(N3CCN(c4ccccc4)CC3)c2c1C. The maximum absolute atomic E-state index is 12.6. The van der Waals surface area contributed by atoms with Gasteiger partial charge in [-0.15, -0.1) is 11.3 Å². The molecule has 4 rings (SSSR count). The molecule has 1 N–H and O–H groups in total. The molecule has 0 aliphatic carbocycles. The van der Waals surface area contributed by atoms with Crippen LogP contribution in [0.3, 0.4) is 0 Å².